The molecule has 0 atom stereocenters. The van der Waals surface area contributed by atoms with Crippen LogP contribution in [0.1, 0.15) is 16.7 Å². The van der Waals surface area contributed by atoms with Crippen LogP contribution < -0.4 is 4.72 Å². The molecule has 0 saturated carbocycles. The second-order valence-corrected chi connectivity index (χ2v) is 6.34. The average molecular weight is 291 g/mol. The number of anilines is 1. The molecule has 0 aromatic heterocycles. The second-order valence-electron chi connectivity index (χ2n) is 4.69. The monoisotopic (exact) mass is 291 g/mol. The van der Waals surface area contributed by atoms with E-state index in [-0.39, 0.29) is 11.5 Å². The van der Waals surface area contributed by atoms with Crippen molar-refractivity contribution in [3.05, 3.63) is 59.2 Å². The molecule has 4 nitrogen and oxygen atoms in total. The third-order valence-electron chi connectivity index (χ3n) is 3.07. The van der Waals surface area contributed by atoms with Gasteiger partial charge in [-0.3, -0.25) is 4.72 Å². The maximum absolute atomic E-state index is 12.5. The van der Waals surface area contributed by atoms with Gasteiger partial charge in [-0.15, -0.1) is 0 Å². The number of nitrogens with one attached hydrogen (secondary N) is 1. The zero-order chi connectivity index (χ0) is 14.8. The van der Waals surface area contributed by atoms with Gasteiger partial charge < -0.3 is 5.11 Å². The van der Waals surface area contributed by atoms with Gasteiger partial charge in [-0.05, 0) is 37.1 Å². The van der Waals surface area contributed by atoms with E-state index in [9.17, 15) is 13.5 Å². The van der Waals surface area contributed by atoms with Crippen molar-refractivity contribution in [3.63, 3.8) is 0 Å². The van der Waals surface area contributed by atoms with E-state index < -0.39 is 10.0 Å². The molecular weight excluding hydrogens is 274 g/mol. The van der Waals surface area contributed by atoms with E-state index in [0.29, 0.717) is 16.8 Å². The van der Waals surface area contributed by atoms with Crippen molar-refractivity contribution in [1.29, 1.82) is 0 Å². The summed E-state index contributed by atoms with van der Waals surface area (Å²) in [6.07, 6.45) is 0. The highest BCUT2D eigenvalue weighted by Gasteiger charge is 2.18. The third-order valence-corrected chi connectivity index (χ3v) is 4.57. The van der Waals surface area contributed by atoms with E-state index >= 15 is 0 Å². The lowest BCUT2D eigenvalue weighted by atomic mass is 10.2. The van der Waals surface area contributed by atoms with E-state index in [1.165, 1.54) is 0 Å². The van der Waals surface area contributed by atoms with Crippen LogP contribution in [-0.4, -0.2) is 13.5 Å². The fourth-order valence-electron chi connectivity index (χ4n) is 1.95. The number of hydrogen-bond donors (Lipinski definition) is 2. The Morgan fingerprint density at radius 2 is 1.80 bits per heavy atom. The highest BCUT2D eigenvalue weighted by atomic mass is 32.2. The van der Waals surface area contributed by atoms with Gasteiger partial charge in [0.2, 0.25) is 0 Å². The molecule has 0 saturated heterocycles. The molecule has 0 bridgehead atoms. The van der Waals surface area contributed by atoms with Gasteiger partial charge in [-0.1, -0.05) is 30.3 Å². The van der Waals surface area contributed by atoms with E-state index in [1.54, 1.807) is 43.3 Å². The Morgan fingerprint density at radius 1 is 1.10 bits per heavy atom. The minimum Gasteiger partial charge on any atom is -0.392 e. The first kappa shape index (κ1) is 14.6. The van der Waals surface area contributed by atoms with Crippen molar-refractivity contribution in [2.45, 2.75) is 25.3 Å². The predicted molar refractivity (Wildman–Crippen MR) is 79.1 cm³/mol. The minimum absolute atomic E-state index is 0.217. The first-order valence-corrected chi connectivity index (χ1v) is 7.71. The molecule has 2 aromatic rings. The lowest BCUT2D eigenvalue weighted by molar-refractivity contribution is 0.282. The van der Waals surface area contributed by atoms with Crippen molar-refractivity contribution in [2.75, 3.05) is 4.72 Å². The first-order chi connectivity index (χ1) is 9.44. The van der Waals surface area contributed by atoms with Crippen LogP contribution in [0.4, 0.5) is 5.69 Å². The predicted octanol–water partition coefficient (Wildman–Crippen LogP) is 2.60. The van der Waals surface area contributed by atoms with Crippen LogP contribution in [0.2, 0.25) is 0 Å². The topological polar surface area (TPSA) is 66.4 Å². The number of aryl methyl sites for hydroxylation is 2. The number of benzene rings is 2. The van der Waals surface area contributed by atoms with E-state index in [0.717, 1.165) is 5.56 Å². The van der Waals surface area contributed by atoms with Crippen LogP contribution in [0.25, 0.3) is 0 Å². The lowest BCUT2D eigenvalue weighted by Gasteiger charge is -2.13. The van der Waals surface area contributed by atoms with Gasteiger partial charge in [0.25, 0.3) is 10.0 Å². The first-order valence-electron chi connectivity index (χ1n) is 6.23. The molecule has 2 rings (SSSR count). The molecule has 0 amide bonds. The molecule has 20 heavy (non-hydrogen) atoms. The summed E-state index contributed by atoms with van der Waals surface area (Å²) >= 11 is 0. The van der Waals surface area contributed by atoms with Crippen LogP contribution in [0, 0.1) is 13.8 Å². The minimum atomic E-state index is -3.66. The highest BCUT2D eigenvalue weighted by Crippen LogP contribution is 2.22. The molecule has 0 spiro atoms. The number of para-hydroxylation sites is 1. The van der Waals surface area contributed by atoms with Gasteiger partial charge in [0, 0.05) is 5.56 Å². The summed E-state index contributed by atoms with van der Waals surface area (Å²) in [6.45, 7) is 3.39. The van der Waals surface area contributed by atoms with Crippen LogP contribution in [0.3, 0.4) is 0 Å². The molecule has 2 aromatic carbocycles. The van der Waals surface area contributed by atoms with Gasteiger partial charge >= 0.3 is 0 Å². The zero-order valence-corrected chi connectivity index (χ0v) is 12.2. The number of aliphatic hydroxyl groups excluding tert-OH is 1. The maximum atomic E-state index is 12.5. The Bertz CT molecular complexity index is 724. The number of hydrogen-bond acceptors (Lipinski definition) is 3. The summed E-state index contributed by atoms with van der Waals surface area (Å²) in [7, 11) is -3.66. The largest absolute Gasteiger partial charge is 0.392 e. The maximum Gasteiger partial charge on any atom is 0.262 e. The Labute approximate surface area is 119 Å². The lowest BCUT2D eigenvalue weighted by Crippen LogP contribution is -2.15. The van der Waals surface area contributed by atoms with Crippen LogP contribution in [-0.2, 0) is 16.6 Å². The SMILES string of the molecule is Cc1ccc(C)c(S(=O)(=O)Nc2ccccc2CO)c1. The van der Waals surface area contributed by atoms with Crippen molar-refractivity contribution < 1.29 is 13.5 Å². The summed E-state index contributed by atoms with van der Waals surface area (Å²) in [4.78, 5) is 0.255. The van der Waals surface area contributed by atoms with Gasteiger partial charge in [0.1, 0.15) is 0 Å². The van der Waals surface area contributed by atoms with E-state index in [4.69, 9.17) is 0 Å². The van der Waals surface area contributed by atoms with Crippen LogP contribution in [0.15, 0.2) is 47.4 Å². The average Bonchev–Trinajstić information content (AvgIpc) is 2.41. The molecule has 0 radical (unpaired) electrons. The Hall–Kier alpha value is -1.85. The zero-order valence-electron chi connectivity index (χ0n) is 11.4. The molecule has 0 fully saturated rings. The molecule has 2 N–H and O–H groups in total. The summed E-state index contributed by atoms with van der Waals surface area (Å²) in [5.41, 5.74) is 2.51. The van der Waals surface area contributed by atoms with Gasteiger partial charge in [-0.25, -0.2) is 8.42 Å². The Morgan fingerprint density at radius 3 is 2.50 bits per heavy atom. The summed E-state index contributed by atoms with van der Waals surface area (Å²) in [5.74, 6) is 0. The standard InChI is InChI=1S/C15H17NO3S/c1-11-7-8-12(2)15(9-11)20(18,19)16-14-6-4-3-5-13(14)10-17/h3-9,16-17H,10H2,1-2H3. The molecule has 0 heterocycles. The molecule has 106 valence electrons. The quantitative estimate of drug-likeness (QED) is 0.910. The van der Waals surface area contributed by atoms with Gasteiger partial charge in [0.05, 0.1) is 17.2 Å². The molecule has 0 aliphatic carbocycles. The summed E-state index contributed by atoms with van der Waals surface area (Å²) < 4.78 is 27.4. The Kier molecular flexibility index (Phi) is 4.11. The normalized spacial score (nSPS) is 11.3. The fourth-order valence-corrected chi connectivity index (χ4v) is 3.39. The molecule has 0 unspecified atom stereocenters. The smallest absolute Gasteiger partial charge is 0.262 e. The van der Waals surface area contributed by atoms with Crippen molar-refractivity contribution in [3.8, 4) is 0 Å². The van der Waals surface area contributed by atoms with Crippen LogP contribution in [0.5, 0.6) is 0 Å². The van der Waals surface area contributed by atoms with Crippen molar-refractivity contribution in [2.24, 2.45) is 0 Å². The van der Waals surface area contributed by atoms with E-state index in [2.05, 4.69) is 4.72 Å². The second kappa shape index (κ2) is 5.64. The number of aliphatic hydroxyl groups is 1. The summed E-state index contributed by atoms with van der Waals surface area (Å²) in [6, 6.07) is 12.1. The Balaban J connectivity index is 2.43. The summed E-state index contributed by atoms with van der Waals surface area (Å²) in [5, 5.41) is 9.25. The van der Waals surface area contributed by atoms with Crippen LogP contribution >= 0.6 is 0 Å². The third kappa shape index (κ3) is 3.00. The van der Waals surface area contributed by atoms with Gasteiger partial charge in [0.15, 0.2) is 0 Å². The van der Waals surface area contributed by atoms with Gasteiger partial charge in [-0.2, -0.15) is 0 Å². The molecule has 0 aliphatic heterocycles. The fraction of sp³-hybridized carbons (Fsp3) is 0.200. The van der Waals surface area contributed by atoms with Crippen molar-refractivity contribution in [1.82, 2.24) is 0 Å². The molecule has 0 aliphatic rings. The number of sulfonamides is 1. The molecule has 5 heteroatoms. The van der Waals surface area contributed by atoms with Crippen molar-refractivity contribution >= 4 is 15.7 Å². The number of rotatable bonds is 4. The van der Waals surface area contributed by atoms with E-state index in [1.807, 2.05) is 13.0 Å². The molecular formula is C15H17NO3S. The highest BCUT2D eigenvalue weighted by molar-refractivity contribution is 7.92.